The van der Waals surface area contributed by atoms with E-state index in [4.69, 9.17) is 0 Å². The maximum Gasteiger partial charge on any atom is 0.295 e. The molecule has 0 unspecified atom stereocenters. The van der Waals surface area contributed by atoms with Crippen LogP contribution in [0.2, 0.25) is 0 Å². The lowest BCUT2D eigenvalue weighted by molar-refractivity contribution is -0.384. The molecule has 3 aromatic carbocycles. The summed E-state index contributed by atoms with van der Waals surface area (Å²) in [5, 5.41) is 48.0. The molecule has 4 N–H and O–H groups in total. The van der Waals surface area contributed by atoms with Crippen LogP contribution in [-0.4, -0.2) is 39.0 Å². The van der Waals surface area contributed by atoms with E-state index in [0.717, 1.165) is 30.3 Å². The lowest BCUT2D eigenvalue weighted by Gasteiger charge is -2.09. The molecule has 0 atom stereocenters. The Balaban J connectivity index is 2.27. The van der Waals surface area contributed by atoms with Gasteiger partial charge in [0.15, 0.2) is 5.78 Å². The number of hydrogen-bond acceptors (Lipinski definition) is 10. The molecule has 0 aliphatic rings. The Bertz CT molecular complexity index is 1400. The molecule has 3 rings (SSSR count). The molecule has 0 aliphatic heterocycles. The van der Waals surface area contributed by atoms with Crippen molar-refractivity contribution in [1.29, 1.82) is 0 Å². The summed E-state index contributed by atoms with van der Waals surface area (Å²) in [4.78, 5) is 21.0. The predicted octanol–water partition coefficient (Wildman–Crippen LogP) is 3.73. The Morgan fingerprint density at radius 2 is 1.65 bits per heavy atom. The molecular weight excluding hydrogens is 434 g/mol. The zero-order chi connectivity index (χ0) is 23.1. The van der Waals surface area contributed by atoms with Crippen molar-refractivity contribution in [3.05, 3.63) is 52.1 Å². The largest absolute Gasteiger partial charge is 0.507 e. The number of rotatable bonds is 5. The lowest BCUT2D eigenvalue weighted by atomic mass is 10.1. The molecule has 0 heterocycles. The van der Waals surface area contributed by atoms with E-state index >= 15 is 0 Å². The van der Waals surface area contributed by atoms with Gasteiger partial charge in [-0.1, -0.05) is 0 Å². The Labute approximate surface area is 173 Å². The van der Waals surface area contributed by atoms with Gasteiger partial charge in [0.25, 0.3) is 15.8 Å². The number of benzene rings is 3. The van der Waals surface area contributed by atoms with E-state index in [1.165, 1.54) is 6.92 Å². The van der Waals surface area contributed by atoms with Gasteiger partial charge < -0.3 is 15.3 Å². The van der Waals surface area contributed by atoms with Gasteiger partial charge in [0.05, 0.1) is 10.5 Å². The lowest BCUT2D eigenvalue weighted by Crippen LogP contribution is -2.00. The third-order valence-corrected chi connectivity index (χ3v) is 5.15. The van der Waals surface area contributed by atoms with Crippen molar-refractivity contribution >= 4 is 43.7 Å². The monoisotopic (exact) mass is 447 g/mol. The fraction of sp³-hybridized carbons (Fsp3) is 0.0556. The highest BCUT2D eigenvalue weighted by Gasteiger charge is 2.22. The number of fused-ring (bicyclic) bond motifs is 1. The van der Waals surface area contributed by atoms with Crippen LogP contribution < -0.4 is 0 Å². The van der Waals surface area contributed by atoms with Gasteiger partial charge >= 0.3 is 0 Å². The van der Waals surface area contributed by atoms with Gasteiger partial charge in [-0.25, -0.2) is 0 Å². The average molecular weight is 447 g/mol. The summed E-state index contributed by atoms with van der Waals surface area (Å²) in [5.41, 5.74) is -1.21. The molecule has 0 amide bonds. The molecular formula is C18H13N3O9S. The number of azo groups is 1. The number of nitrogens with zero attached hydrogens (tertiary/aromatic N) is 3. The smallest absolute Gasteiger partial charge is 0.295 e. The summed E-state index contributed by atoms with van der Waals surface area (Å²) in [7, 11) is -4.87. The van der Waals surface area contributed by atoms with Gasteiger partial charge in [-0.2, -0.15) is 8.42 Å². The Morgan fingerprint density at radius 3 is 2.23 bits per heavy atom. The maximum atomic E-state index is 11.7. The zero-order valence-corrected chi connectivity index (χ0v) is 16.4. The van der Waals surface area contributed by atoms with E-state index in [1.807, 2.05) is 0 Å². The molecule has 0 saturated carbocycles. The van der Waals surface area contributed by atoms with Crippen LogP contribution in [0.25, 0.3) is 10.8 Å². The van der Waals surface area contributed by atoms with Gasteiger partial charge in [-0.05, 0) is 19.1 Å². The molecule has 0 fully saturated rings. The highest BCUT2D eigenvalue weighted by molar-refractivity contribution is 7.86. The minimum absolute atomic E-state index is 0.105. The summed E-state index contributed by atoms with van der Waals surface area (Å²) in [6.07, 6.45) is 0. The minimum atomic E-state index is -4.87. The number of phenolic OH excluding ortho intramolecular Hbond substituents is 3. The summed E-state index contributed by atoms with van der Waals surface area (Å²) in [6, 6.07) is 5.57. The Kier molecular flexibility index (Phi) is 5.31. The summed E-state index contributed by atoms with van der Waals surface area (Å²) < 4.78 is 32.8. The number of aromatic hydroxyl groups is 3. The molecule has 31 heavy (non-hydrogen) atoms. The first-order valence-corrected chi connectivity index (χ1v) is 9.74. The number of non-ortho nitro benzene ring substituents is 1. The van der Waals surface area contributed by atoms with Crippen molar-refractivity contribution < 1.29 is 38.0 Å². The molecule has 0 radical (unpaired) electrons. The fourth-order valence-corrected chi connectivity index (χ4v) is 3.52. The van der Waals surface area contributed by atoms with Crippen molar-refractivity contribution in [2.45, 2.75) is 11.8 Å². The average Bonchev–Trinajstić information content (AvgIpc) is 2.66. The van der Waals surface area contributed by atoms with Gasteiger partial charge in [0.1, 0.15) is 33.5 Å². The molecule has 0 aliphatic carbocycles. The van der Waals surface area contributed by atoms with Gasteiger partial charge in [0.2, 0.25) is 0 Å². The molecule has 160 valence electrons. The number of carbonyl (C=O) groups excluding carboxylic acids is 1. The van der Waals surface area contributed by atoms with Crippen LogP contribution in [-0.2, 0) is 10.1 Å². The number of ketones is 1. The van der Waals surface area contributed by atoms with Crippen molar-refractivity contribution in [2.24, 2.45) is 10.2 Å². The standard InChI is InChI=1S/C18H13N3O9S/c1-8(22)11-5-13(15(24)6-14(11)23)19-20-18-10-3-2-9(21(26)27)4-12(10)17(7-16(18)25)31(28,29)30/h2-7,23-25H,1H3,(H,28,29,30). The van der Waals surface area contributed by atoms with Crippen LogP contribution in [0.4, 0.5) is 17.1 Å². The first-order valence-electron chi connectivity index (χ1n) is 8.30. The second-order valence-electron chi connectivity index (χ2n) is 6.32. The van der Waals surface area contributed by atoms with Crippen molar-refractivity contribution in [3.8, 4) is 17.2 Å². The second kappa shape index (κ2) is 7.62. The first-order chi connectivity index (χ1) is 14.4. The number of phenols is 3. The summed E-state index contributed by atoms with van der Waals surface area (Å²) in [6.45, 7) is 1.17. The van der Waals surface area contributed by atoms with Crippen molar-refractivity contribution in [3.63, 3.8) is 0 Å². The highest BCUT2D eigenvalue weighted by atomic mass is 32.2. The van der Waals surface area contributed by atoms with Crippen LogP contribution in [0.3, 0.4) is 0 Å². The molecule has 0 saturated heterocycles. The van der Waals surface area contributed by atoms with E-state index in [0.29, 0.717) is 6.07 Å². The maximum absolute atomic E-state index is 11.7. The molecule has 0 bridgehead atoms. The first kappa shape index (κ1) is 21.6. The van der Waals surface area contributed by atoms with Crippen LogP contribution in [0.1, 0.15) is 17.3 Å². The number of hydrogen-bond donors (Lipinski definition) is 4. The van der Waals surface area contributed by atoms with Gasteiger partial charge in [0, 0.05) is 35.0 Å². The topological polar surface area (TPSA) is 200 Å². The zero-order valence-electron chi connectivity index (χ0n) is 15.5. The number of nitro benzene ring substituents is 1. The molecule has 13 heteroatoms. The number of Topliss-reactive ketones (excluding diaryl/α,β-unsaturated/α-hetero) is 1. The van der Waals surface area contributed by atoms with Crippen molar-refractivity contribution in [1.82, 2.24) is 0 Å². The van der Waals surface area contributed by atoms with E-state index < -0.39 is 48.7 Å². The van der Waals surface area contributed by atoms with Crippen LogP contribution >= 0.6 is 0 Å². The number of nitro groups is 1. The van der Waals surface area contributed by atoms with Crippen molar-refractivity contribution in [2.75, 3.05) is 0 Å². The third kappa shape index (κ3) is 4.12. The normalized spacial score (nSPS) is 11.8. The Hall–Kier alpha value is -4.10. The highest BCUT2D eigenvalue weighted by Crippen LogP contribution is 2.42. The molecule has 0 aromatic heterocycles. The van der Waals surface area contributed by atoms with Crippen LogP contribution in [0.5, 0.6) is 17.2 Å². The van der Waals surface area contributed by atoms with E-state index in [-0.39, 0.29) is 27.7 Å². The second-order valence-corrected chi connectivity index (χ2v) is 7.71. The third-order valence-electron chi connectivity index (χ3n) is 4.25. The number of carbonyl (C=O) groups is 1. The van der Waals surface area contributed by atoms with E-state index in [1.54, 1.807) is 0 Å². The molecule has 12 nitrogen and oxygen atoms in total. The molecule has 3 aromatic rings. The summed E-state index contributed by atoms with van der Waals surface area (Å²) >= 11 is 0. The van der Waals surface area contributed by atoms with Crippen LogP contribution in [0.15, 0.2) is 51.5 Å². The van der Waals surface area contributed by atoms with E-state index in [9.17, 15) is 43.2 Å². The fourth-order valence-electron chi connectivity index (χ4n) is 2.81. The van der Waals surface area contributed by atoms with Gasteiger partial charge in [-0.15, -0.1) is 10.2 Å². The van der Waals surface area contributed by atoms with Crippen LogP contribution in [0, 0.1) is 10.1 Å². The predicted molar refractivity (Wildman–Crippen MR) is 106 cm³/mol. The molecule has 0 spiro atoms. The summed E-state index contributed by atoms with van der Waals surface area (Å²) in [5.74, 6) is -2.28. The quantitative estimate of drug-likeness (QED) is 0.148. The SMILES string of the molecule is CC(=O)c1cc(N=Nc2c(O)cc(S(=O)(=O)O)c3cc([N+](=O)[O-])ccc23)c(O)cc1O. The minimum Gasteiger partial charge on any atom is -0.507 e. The van der Waals surface area contributed by atoms with Gasteiger partial charge in [-0.3, -0.25) is 19.5 Å². The Morgan fingerprint density at radius 1 is 0.968 bits per heavy atom. The van der Waals surface area contributed by atoms with E-state index in [2.05, 4.69) is 10.2 Å².